The fourth-order valence-corrected chi connectivity index (χ4v) is 3.32. The number of hydrogen-bond acceptors (Lipinski definition) is 5. The molecular weight excluding hydrogens is 336 g/mol. The van der Waals surface area contributed by atoms with Gasteiger partial charge < -0.3 is 15.2 Å². The summed E-state index contributed by atoms with van der Waals surface area (Å²) in [5.41, 5.74) is 3.17. The van der Waals surface area contributed by atoms with Crippen LogP contribution in [0.3, 0.4) is 0 Å². The summed E-state index contributed by atoms with van der Waals surface area (Å²) in [5.74, 6) is 0.860. The Morgan fingerprint density at radius 2 is 1.80 bits per heavy atom. The molecule has 25 heavy (non-hydrogen) atoms. The molecule has 6 heteroatoms. The van der Waals surface area contributed by atoms with Crippen LogP contribution in [0.2, 0.25) is 0 Å². The van der Waals surface area contributed by atoms with Crippen LogP contribution in [-0.2, 0) is 4.79 Å². The zero-order chi connectivity index (χ0) is 18.0. The van der Waals surface area contributed by atoms with Crippen molar-refractivity contribution < 1.29 is 14.6 Å². The van der Waals surface area contributed by atoms with Crippen LogP contribution in [0.1, 0.15) is 16.7 Å². The number of benzene rings is 2. The average molecular weight is 354 g/mol. The molecule has 128 valence electrons. The second kappa shape index (κ2) is 7.03. The summed E-state index contributed by atoms with van der Waals surface area (Å²) in [7, 11) is 1.61. The molecule has 5 nitrogen and oxygen atoms in total. The second-order valence-corrected chi connectivity index (χ2v) is 6.71. The molecule has 0 bridgehead atoms. The fourth-order valence-electron chi connectivity index (χ4n) is 2.48. The number of ether oxygens (including phenoxy) is 1. The van der Waals surface area contributed by atoms with Crippen molar-refractivity contribution >= 4 is 34.6 Å². The zero-order valence-electron chi connectivity index (χ0n) is 14.2. The first kappa shape index (κ1) is 17.1. The van der Waals surface area contributed by atoms with E-state index in [1.807, 2.05) is 50.2 Å². The number of rotatable bonds is 3. The third kappa shape index (κ3) is 3.85. The Balaban J connectivity index is 1.83. The molecule has 0 spiro atoms. The van der Waals surface area contributed by atoms with E-state index in [-0.39, 0.29) is 11.7 Å². The van der Waals surface area contributed by atoms with Crippen LogP contribution in [0.25, 0.3) is 6.08 Å². The van der Waals surface area contributed by atoms with E-state index in [2.05, 4.69) is 10.3 Å². The maximum atomic E-state index is 12.2. The van der Waals surface area contributed by atoms with Gasteiger partial charge in [-0.05, 0) is 84.8 Å². The van der Waals surface area contributed by atoms with E-state index in [0.717, 1.165) is 28.1 Å². The van der Waals surface area contributed by atoms with Gasteiger partial charge in [-0.1, -0.05) is 0 Å². The topological polar surface area (TPSA) is 70.9 Å². The van der Waals surface area contributed by atoms with Gasteiger partial charge in [0.05, 0.1) is 17.7 Å². The van der Waals surface area contributed by atoms with Crippen molar-refractivity contribution in [2.45, 2.75) is 13.8 Å². The van der Waals surface area contributed by atoms with Crippen molar-refractivity contribution in [2.75, 3.05) is 7.11 Å². The smallest absolute Gasteiger partial charge is 0.264 e. The number of phenols is 1. The molecule has 1 heterocycles. The number of aryl methyl sites for hydroxylation is 2. The van der Waals surface area contributed by atoms with Crippen molar-refractivity contribution in [3.05, 3.63) is 58.0 Å². The number of carbonyl (C=O) groups excluding carboxylic acids is 1. The minimum atomic E-state index is -0.180. The molecule has 0 radical (unpaired) electrons. The summed E-state index contributed by atoms with van der Waals surface area (Å²) < 4.78 is 5.12. The third-order valence-corrected chi connectivity index (χ3v) is 4.67. The molecule has 0 aliphatic carbocycles. The predicted molar refractivity (Wildman–Crippen MR) is 101 cm³/mol. The van der Waals surface area contributed by atoms with E-state index < -0.39 is 0 Å². The summed E-state index contributed by atoms with van der Waals surface area (Å²) >= 11 is 1.29. The number of amidine groups is 1. The van der Waals surface area contributed by atoms with Crippen LogP contribution in [0.15, 0.2) is 46.3 Å². The van der Waals surface area contributed by atoms with Gasteiger partial charge in [0.25, 0.3) is 5.91 Å². The summed E-state index contributed by atoms with van der Waals surface area (Å²) in [6.07, 6.45) is 1.80. The molecule has 3 rings (SSSR count). The van der Waals surface area contributed by atoms with Gasteiger partial charge in [-0.15, -0.1) is 0 Å². The molecule has 0 aromatic heterocycles. The molecular formula is C19H18N2O3S. The number of methoxy groups -OCH3 is 1. The lowest BCUT2D eigenvalue weighted by Crippen LogP contribution is -2.19. The Morgan fingerprint density at radius 1 is 1.16 bits per heavy atom. The number of amides is 1. The molecule has 1 aliphatic heterocycles. The molecule has 1 fully saturated rings. The van der Waals surface area contributed by atoms with Gasteiger partial charge in [0.1, 0.15) is 11.5 Å². The minimum absolute atomic E-state index is 0.180. The first-order chi connectivity index (χ1) is 12.0. The van der Waals surface area contributed by atoms with Crippen LogP contribution < -0.4 is 10.1 Å². The highest BCUT2D eigenvalue weighted by molar-refractivity contribution is 8.18. The van der Waals surface area contributed by atoms with Crippen LogP contribution in [0, 0.1) is 13.8 Å². The maximum Gasteiger partial charge on any atom is 0.264 e. The van der Waals surface area contributed by atoms with Gasteiger partial charge in [0.2, 0.25) is 0 Å². The van der Waals surface area contributed by atoms with Gasteiger partial charge in [-0.3, -0.25) is 4.79 Å². The Bertz CT molecular complexity index is 863. The van der Waals surface area contributed by atoms with Gasteiger partial charge >= 0.3 is 0 Å². The van der Waals surface area contributed by atoms with Crippen molar-refractivity contribution in [1.29, 1.82) is 0 Å². The molecule has 1 aliphatic rings. The average Bonchev–Trinajstić information content (AvgIpc) is 2.92. The van der Waals surface area contributed by atoms with E-state index >= 15 is 0 Å². The monoisotopic (exact) mass is 354 g/mol. The van der Waals surface area contributed by atoms with Crippen molar-refractivity contribution in [3.8, 4) is 11.5 Å². The van der Waals surface area contributed by atoms with Gasteiger partial charge in [0, 0.05) is 0 Å². The van der Waals surface area contributed by atoms with E-state index in [1.54, 1.807) is 13.2 Å². The van der Waals surface area contributed by atoms with Gasteiger partial charge in [-0.2, -0.15) is 0 Å². The van der Waals surface area contributed by atoms with Crippen LogP contribution in [-0.4, -0.2) is 23.3 Å². The molecule has 2 aromatic rings. The molecule has 2 aromatic carbocycles. The van der Waals surface area contributed by atoms with E-state index in [0.29, 0.717) is 10.1 Å². The Hall–Kier alpha value is -2.73. The van der Waals surface area contributed by atoms with Crippen molar-refractivity contribution in [1.82, 2.24) is 5.32 Å². The lowest BCUT2D eigenvalue weighted by molar-refractivity contribution is -0.115. The summed E-state index contributed by atoms with van der Waals surface area (Å²) in [4.78, 5) is 17.2. The second-order valence-electron chi connectivity index (χ2n) is 5.68. The lowest BCUT2D eigenvalue weighted by Gasteiger charge is -2.05. The highest BCUT2D eigenvalue weighted by atomic mass is 32.2. The number of phenolic OH excluding ortho intramolecular Hbond substituents is 1. The number of carbonyl (C=O) groups is 1. The van der Waals surface area contributed by atoms with E-state index in [9.17, 15) is 9.90 Å². The summed E-state index contributed by atoms with van der Waals surface area (Å²) in [6, 6.07) is 11.0. The maximum absolute atomic E-state index is 12.2. The van der Waals surface area contributed by atoms with Crippen LogP contribution in [0.4, 0.5) is 5.69 Å². The number of aliphatic imine (C=N–C) groups is 1. The standard InChI is InChI=1S/C19H18N2O3S/c1-11-8-13(9-12(2)17(11)22)10-16-18(23)21-19(25-16)20-14-4-6-15(24-3)7-5-14/h4-10,22H,1-3H3,(H,20,21,23)/b16-10-. The first-order valence-corrected chi connectivity index (χ1v) is 8.52. The first-order valence-electron chi connectivity index (χ1n) is 7.70. The highest BCUT2D eigenvalue weighted by Crippen LogP contribution is 2.30. The molecule has 1 amide bonds. The number of nitrogens with one attached hydrogen (secondary N) is 1. The molecule has 0 saturated carbocycles. The normalized spacial score (nSPS) is 17.2. The SMILES string of the molecule is COc1ccc(N=C2NC(=O)/C(=C/c3cc(C)c(O)c(C)c3)S2)cc1. The van der Waals surface area contributed by atoms with Crippen LogP contribution in [0.5, 0.6) is 11.5 Å². The Labute approximate surface area is 150 Å². The molecule has 1 saturated heterocycles. The predicted octanol–water partition coefficient (Wildman–Crippen LogP) is 3.91. The van der Waals surface area contributed by atoms with E-state index in [1.165, 1.54) is 11.8 Å². The molecule has 2 N–H and O–H groups in total. The summed E-state index contributed by atoms with van der Waals surface area (Å²) in [5, 5.41) is 13.2. The number of hydrogen-bond donors (Lipinski definition) is 2. The van der Waals surface area contributed by atoms with Crippen molar-refractivity contribution in [3.63, 3.8) is 0 Å². The largest absolute Gasteiger partial charge is 0.507 e. The lowest BCUT2D eigenvalue weighted by atomic mass is 10.1. The van der Waals surface area contributed by atoms with Gasteiger partial charge in [-0.25, -0.2) is 4.99 Å². The number of nitrogens with zero attached hydrogens (tertiary/aromatic N) is 1. The molecule has 0 unspecified atom stereocenters. The van der Waals surface area contributed by atoms with Gasteiger partial charge in [0.15, 0.2) is 5.17 Å². The number of aromatic hydroxyl groups is 1. The minimum Gasteiger partial charge on any atom is -0.507 e. The highest BCUT2D eigenvalue weighted by Gasteiger charge is 2.23. The quantitative estimate of drug-likeness (QED) is 0.820. The van der Waals surface area contributed by atoms with Crippen molar-refractivity contribution in [2.24, 2.45) is 4.99 Å². The Morgan fingerprint density at radius 3 is 2.40 bits per heavy atom. The summed E-state index contributed by atoms with van der Waals surface area (Å²) in [6.45, 7) is 3.67. The third-order valence-electron chi connectivity index (χ3n) is 3.77. The van der Waals surface area contributed by atoms with E-state index in [4.69, 9.17) is 4.74 Å². The Kier molecular flexibility index (Phi) is 4.81. The molecule has 0 atom stereocenters. The fraction of sp³-hybridized carbons (Fsp3) is 0.158. The van der Waals surface area contributed by atoms with Crippen LogP contribution >= 0.6 is 11.8 Å². The zero-order valence-corrected chi connectivity index (χ0v) is 15.0. The number of thioether (sulfide) groups is 1.